The van der Waals surface area contributed by atoms with Crippen molar-refractivity contribution in [2.75, 3.05) is 6.54 Å². The number of hydrogen-bond donors (Lipinski definition) is 1. The minimum Gasteiger partial charge on any atom is -0.308 e. The number of benzene rings is 1. The third kappa shape index (κ3) is 4.15. The molecule has 2 rings (SSSR count). The zero-order chi connectivity index (χ0) is 14.4. The van der Waals surface area contributed by atoms with Crippen LogP contribution in [0.25, 0.3) is 0 Å². The van der Waals surface area contributed by atoms with Crippen LogP contribution >= 0.6 is 15.9 Å². The maximum Gasteiger partial charge on any atom is 0.0577 e. The lowest BCUT2D eigenvalue weighted by molar-refractivity contribution is 0.517. The van der Waals surface area contributed by atoms with Crippen molar-refractivity contribution in [2.24, 2.45) is 0 Å². The predicted octanol–water partition coefficient (Wildman–Crippen LogP) is 4.44. The third-order valence-corrected chi connectivity index (χ3v) is 3.90. The van der Waals surface area contributed by atoms with Gasteiger partial charge < -0.3 is 5.32 Å². The molecule has 0 fully saturated rings. The molecule has 20 heavy (non-hydrogen) atoms. The smallest absolute Gasteiger partial charge is 0.0577 e. The van der Waals surface area contributed by atoms with Crippen LogP contribution < -0.4 is 5.32 Å². The van der Waals surface area contributed by atoms with E-state index >= 15 is 0 Å². The summed E-state index contributed by atoms with van der Waals surface area (Å²) in [5, 5.41) is 3.60. The summed E-state index contributed by atoms with van der Waals surface area (Å²) in [6.07, 6.45) is 3.97. The molecule has 1 heterocycles. The third-order valence-electron chi connectivity index (χ3n) is 3.43. The van der Waals surface area contributed by atoms with Crippen LogP contribution in [0, 0.1) is 6.92 Å². The van der Waals surface area contributed by atoms with E-state index < -0.39 is 0 Å². The van der Waals surface area contributed by atoms with Gasteiger partial charge >= 0.3 is 0 Å². The van der Waals surface area contributed by atoms with Gasteiger partial charge in [-0.15, -0.1) is 0 Å². The Morgan fingerprint density at radius 3 is 2.65 bits per heavy atom. The van der Waals surface area contributed by atoms with Gasteiger partial charge in [-0.05, 0) is 65.5 Å². The normalized spacial score (nSPS) is 12.3. The maximum atomic E-state index is 4.55. The SMILES string of the molecule is CCCNC(Cc1ccccc1C)c1ccc(Br)cn1. The van der Waals surface area contributed by atoms with E-state index in [-0.39, 0.29) is 6.04 Å². The van der Waals surface area contributed by atoms with Crippen molar-refractivity contribution in [3.05, 3.63) is 63.9 Å². The van der Waals surface area contributed by atoms with E-state index in [0.29, 0.717) is 0 Å². The number of aromatic nitrogens is 1. The van der Waals surface area contributed by atoms with Crippen LogP contribution in [-0.2, 0) is 6.42 Å². The minimum absolute atomic E-state index is 0.268. The van der Waals surface area contributed by atoms with Gasteiger partial charge in [0.25, 0.3) is 0 Å². The molecule has 1 aromatic carbocycles. The van der Waals surface area contributed by atoms with E-state index in [1.165, 1.54) is 11.1 Å². The zero-order valence-electron chi connectivity index (χ0n) is 12.1. The monoisotopic (exact) mass is 332 g/mol. The lowest BCUT2D eigenvalue weighted by Gasteiger charge is -2.19. The highest BCUT2D eigenvalue weighted by Crippen LogP contribution is 2.20. The van der Waals surface area contributed by atoms with Crippen LogP contribution in [0.2, 0.25) is 0 Å². The Morgan fingerprint density at radius 2 is 2.00 bits per heavy atom. The van der Waals surface area contributed by atoms with Gasteiger partial charge in [-0.25, -0.2) is 0 Å². The van der Waals surface area contributed by atoms with Gasteiger partial charge in [-0.2, -0.15) is 0 Å². The summed E-state index contributed by atoms with van der Waals surface area (Å²) in [5.74, 6) is 0. The van der Waals surface area contributed by atoms with E-state index in [9.17, 15) is 0 Å². The number of nitrogens with one attached hydrogen (secondary N) is 1. The summed E-state index contributed by atoms with van der Waals surface area (Å²) < 4.78 is 1.02. The Kier molecular flexibility index (Phi) is 5.74. The first-order chi connectivity index (χ1) is 9.70. The summed E-state index contributed by atoms with van der Waals surface area (Å²) in [7, 11) is 0. The molecular weight excluding hydrogens is 312 g/mol. The summed E-state index contributed by atoms with van der Waals surface area (Å²) in [6, 6.07) is 13.0. The minimum atomic E-state index is 0.268. The summed E-state index contributed by atoms with van der Waals surface area (Å²) in [4.78, 5) is 4.55. The van der Waals surface area contributed by atoms with Crippen LogP contribution in [0.3, 0.4) is 0 Å². The molecule has 0 spiro atoms. The number of nitrogens with zero attached hydrogens (tertiary/aromatic N) is 1. The fourth-order valence-corrected chi connectivity index (χ4v) is 2.49. The Morgan fingerprint density at radius 1 is 1.20 bits per heavy atom. The van der Waals surface area contributed by atoms with Gasteiger partial charge in [0, 0.05) is 10.7 Å². The zero-order valence-corrected chi connectivity index (χ0v) is 13.7. The Labute approximate surface area is 129 Å². The van der Waals surface area contributed by atoms with E-state index in [0.717, 1.165) is 29.6 Å². The standard InChI is InChI=1S/C17H21BrN2/c1-3-10-19-17(16-9-8-15(18)12-20-16)11-14-7-5-4-6-13(14)2/h4-9,12,17,19H,3,10-11H2,1-2H3. The maximum absolute atomic E-state index is 4.55. The Balaban J connectivity index is 2.19. The van der Waals surface area contributed by atoms with Gasteiger partial charge in [-0.1, -0.05) is 31.2 Å². The number of pyridine rings is 1. The topological polar surface area (TPSA) is 24.9 Å². The van der Waals surface area contributed by atoms with Crippen molar-refractivity contribution in [2.45, 2.75) is 32.7 Å². The first-order valence-corrected chi connectivity index (χ1v) is 7.89. The van der Waals surface area contributed by atoms with Crippen LogP contribution in [0.4, 0.5) is 0 Å². The van der Waals surface area contributed by atoms with Crippen LogP contribution in [0.1, 0.15) is 36.2 Å². The second-order valence-corrected chi connectivity index (χ2v) is 5.95. The first-order valence-electron chi connectivity index (χ1n) is 7.10. The molecule has 2 aromatic rings. The van der Waals surface area contributed by atoms with Crippen molar-refractivity contribution in [1.82, 2.24) is 10.3 Å². The number of hydrogen-bond acceptors (Lipinski definition) is 2. The summed E-state index contributed by atoms with van der Waals surface area (Å²) >= 11 is 3.44. The van der Waals surface area contributed by atoms with Crippen molar-refractivity contribution >= 4 is 15.9 Å². The fourth-order valence-electron chi connectivity index (χ4n) is 2.25. The van der Waals surface area contributed by atoms with Gasteiger partial charge in [0.1, 0.15) is 0 Å². The molecule has 0 aliphatic rings. The summed E-state index contributed by atoms with van der Waals surface area (Å²) in [6.45, 7) is 5.36. The molecular formula is C17H21BrN2. The molecule has 0 radical (unpaired) electrons. The quantitative estimate of drug-likeness (QED) is 0.846. The fraction of sp³-hybridized carbons (Fsp3) is 0.353. The molecule has 0 aliphatic heterocycles. The van der Waals surface area contributed by atoms with Crippen molar-refractivity contribution < 1.29 is 0 Å². The van der Waals surface area contributed by atoms with Gasteiger partial charge in [0.05, 0.1) is 11.7 Å². The molecule has 1 atom stereocenters. The molecule has 0 bridgehead atoms. The van der Waals surface area contributed by atoms with Crippen molar-refractivity contribution in [3.63, 3.8) is 0 Å². The summed E-state index contributed by atoms with van der Waals surface area (Å²) in [5.41, 5.74) is 3.82. The Bertz CT molecular complexity index is 537. The van der Waals surface area contributed by atoms with Gasteiger partial charge in [0.15, 0.2) is 0 Å². The largest absolute Gasteiger partial charge is 0.308 e. The van der Waals surface area contributed by atoms with Gasteiger partial charge in [-0.3, -0.25) is 4.98 Å². The molecule has 3 heteroatoms. The van der Waals surface area contributed by atoms with E-state index in [1.807, 2.05) is 6.20 Å². The van der Waals surface area contributed by atoms with E-state index in [1.54, 1.807) is 0 Å². The van der Waals surface area contributed by atoms with Crippen molar-refractivity contribution in [1.29, 1.82) is 0 Å². The Hall–Kier alpha value is -1.19. The molecule has 1 N–H and O–H groups in total. The van der Waals surface area contributed by atoms with Crippen LogP contribution in [-0.4, -0.2) is 11.5 Å². The molecule has 106 valence electrons. The number of aryl methyl sites for hydroxylation is 1. The molecule has 0 amide bonds. The molecule has 0 saturated heterocycles. The molecule has 1 aromatic heterocycles. The van der Waals surface area contributed by atoms with Crippen molar-refractivity contribution in [3.8, 4) is 0 Å². The highest BCUT2D eigenvalue weighted by Gasteiger charge is 2.13. The first kappa shape index (κ1) is 15.2. The second kappa shape index (κ2) is 7.55. The van der Waals surface area contributed by atoms with Crippen LogP contribution in [0.15, 0.2) is 47.1 Å². The number of rotatable bonds is 6. The lowest BCUT2D eigenvalue weighted by Crippen LogP contribution is -2.25. The average Bonchev–Trinajstić information content (AvgIpc) is 2.46. The number of halogens is 1. The predicted molar refractivity (Wildman–Crippen MR) is 87.9 cm³/mol. The highest BCUT2D eigenvalue weighted by molar-refractivity contribution is 9.10. The van der Waals surface area contributed by atoms with Crippen LogP contribution in [0.5, 0.6) is 0 Å². The second-order valence-electron chi connectivity index (χ2n) is 5.04. The van der Waals surface area contributed by atoms with E-state index in [4.69, 9.17) is 0 Å². The lowest BCUT2D eigenvalue weighted by atomic mass is 9.99. The molecule has 0 saturated carbocycles. The molecule has 1 unspecified atom stereocenters. The molecule has 0 aliphatic carbocycles. The highest BCUT2D eigenvalue weighted by atomic mass is 79.9. The molecule has 2 nitrogen and oxygen atoms in total. The van der Waals surface area contributed by atoms with Gasteiger partial charge in [0.2, 0.25) is 0 Å². The average molecular weight is 333 g/mol. The van der Waals surface area contributed by atoms with E-state index in [2.05, 4.69) is 76.5 Å².